The van der Waals surface area contributed by atoms with Crippen LogP contribution >= 0.6 is 23.2 Å². The van der Waals surface area contributed by atoms with E-state index in [1.807, 2.05) is 0 Å². The molecule has 2 aromatic rings. The minimum atomic E-state index is -3.88. The number of nitrogens with zero attached hydrogens (tertiary/aromatic N) is 3. The Morgan fingerprint density at radius 3 is 2.57 bits per heavy atom. The van der Waals surface area contributed by atoms with E-state index in [2.05, 4.69) is 25.3 Å². The largest absolute Gasteiger partial charge is 0.243 e. The second kappa shape index (κ2) is 5.88. The molecule has 0 spiro atoms. The number of aromatic amines is 1. The van der Waals surface area contributed by atoms with Crippen molar-refractivity contribution in [3.63, 3.8) is 0 Å². The fraction of sp³-hybridized carbons (Fsp3) is 0.364. The van der Waals surface area contributed by atoms with Crippen LogP contribution in [0.25, 0.3) is 0 Å². The number of H-pyrrole nitrogens is 1. The van der Waals surface area contributed by atoms with Crippen LogP contribution in [0.5, 0.6) is 0 Å². The molecule has 114 valence electrons. The number of tetrazole rings is 1. The van der Waals surface area contributed by atoms with E-state index in [0.29, 0.717) is 16.1 Å². The molecule has 7 nitrogen and oxygen atoms in total. The lowest BCUT2D eigenvalue weighted by Gasteiger charge is -2.16. The first-order chi connectivity index (χ1) is 9.74. The van der Waals surface area contributed by atoms with Gasteiger partial charge < -0.3 is 0 Å². The predicted octanol–water partition coefficient (Wildman–Crippen LogP) is 2.16. The number of rotatable bonds is 4. The summed E-state index contributed by atoms with van der Waals surface area (Å²) in [6, 6.07) is 0.962. The van der Waals surface area contributed by atoms with E-state index >= 15 is 0 Å². The summed E-state index contributed by atoms with van der Waals surface area (Å²) >= 11 is 12.2. The second-order valence-corrected chi connectivity index (χ2v) is 6.99. The molecule has 0 aliphatic carbocycles. The van der Waals surface area contributed by atoms with Gasteiger partial charge in [0.25, 0.3) is 0 Å². The molecule has 1 heterocycles. The fourth-order valence-electron chi connectivity index (χ4n) is 1.83. The smallest absolute Gasteiger partial charge is 0.207 e. The van der Waals surface area contributed by atoms with Crippen molar-refractivity contribution in [1.29, 1.82) is 0 Å². The van der Waals surface area contributed by atoms with Gasteiger partial charge in [-0.2, -0.15) is 5.21 Å². The van der Waals surface area contributed by atoms with E-state index in [9.17, 15) is 8.42 Å². The SMILES string of the molecule is Cc1cc(Cl)c(C)c(S(=O)(=O)NC(C)c2nn[nH]n2)c1Cl. The Morgan fingerprint density at radius 1 is 1.33 bits per heavy atom. The van der Waals surface area contributed by atoms with E-state index in [-0.39, 0.29) is 15.7 Å². The molecule has 1 unspecified atom stereocenters. The molecular formula is C11H13Cl2N5O2S. The molecular weight excluding hydrogens is 337 g/mol. The molecule has 10 heteroatoms. The van der Waals surface area contributed by atoms with Crippen molar-refractivity contribution in [2.45, 2.75) is 31.7 Å². The molecule has 1 atom stereocenters. The van der Waals surface area contributed by atoms with Crippen molar-refractivity contribution < 1.29 is 8.42 Å². The normalized spacial score (nSPS) is 13.4. The van der Waals surface area contributed by atoms with Crippen molar-refractivity contribution in [3.05, 3.63) is 33.1 Å². The van der Waals surface area contributed by atoms with E-state index < -0.39 is 16.1 Å². The Hall–Kier alpha value is -1.22. The highest BCUT2D eigenvalue weighted by molar-refractivity contribution is 7.89. The van der Waals surface area contributed by atoms with Crippen molar-refractivity contribution in [2.75, 3.05) is 0 Å². The summed E-state index contributed by atoms with van der Waals surface area (Å²) in [6.07, 6.45) is 0. The molecule has 1 aromatic heterocycles. The number of benzene rings is 1. The molecule has 0 fully saturated rings. The van der Waals surface area contributed by atoms with Gasteiger partial charge in [-0.3, -0.25) is 0 Å². The summed E-state index contributed by atoms with van der Waals surface area (Å²) in [4.78, 5) is -0.0375. The first kappa shape index (κ1) is 16.2. The van der Waals surface area contributed by atoms with Crippen molar-refractivity contribution >= 4 is 33.2 Å². The van der Waals surface area contributed by atoms with E-state index in [1.165, 1.54) is 0 Å². The summed E-state index contributed by atoms with van der Waals surface area (Å²) < 4.78 is 27.5. The zero-order chi connectivity index (χ0) is 15.8. The number of halogens is 2. The number of hydrogen-bond donors (Lipinski definition) is 2. The van der Waals surface area contributed by atoms with Crippen LogP contribution in [0.4, 0.5) is 0 Å². The quantitative estimate of drug-likeness (QED) is 0.880. The van der Waals surface area contributed by atoms with Crippen LogP contribution in [-0.4, -0.2) is 29.0 Å². The highest BCUT2D eigenvalue weighted by atomic mass is 35.5. The maximum atomic E-state index is 12.5. The summed E-state index contributed by atoms with van der Waals surface area (Å²) in [6.45, 7) is 4.89. The van der Waals surface area contributed by atoms with Crippen LogP contribution in [0.3, 0.4) is 0 Å². The average molecular weight is 350 g/mol. The molecule has 0 saturated heterocycles. The van der Waals surface area contributed by atoms with Crippen LogP contribution in [0.15, 0.2) is 11.0 Å². The fourth-order valence-corrected chi connectivity index (χ4v) is 4.24. The van der Waals surface area contributed by atoms with Gasteiger partial charge in [-0.15, -0.1) is 10.2 Å². The molecule has 0 radical (unpaired) electrons. The lowest BCUT2D eigenvalue weighted by molar-refractivity contribution is 0.559. The van der Waals surface area contributed by atoms with Crippen molar-refractivity contribution in [3.8, 4) is 0 Å². The van der Waals surface area contributed by atoms with E-state index in [0.717, 1.165) is 0 Å². The van der Waals surface area contributed by atoms with Gasteiger partial charge in [0, 0.05) is 5.02 Å². The molecule has 0 aliphatic heterocycles. The Kier molecular flexibility index (Phi) is 4.52. The third-order valence-electron chi connectivity index (χ3n) is 2.94. The van der Waals surface area contributed by atoms with Gasteiger partial charge in [0.2, 0.25) is 10.0 Å². The maximum absolute atomic E-state index is 12.5. The van der Waals surface area contributed by atoms with Crippen LogP contribution in [0, 0.1) is 13.8 Å². The Bertz CT molecular complexity index is 735. The number of sulfonamides is 1. The van der Waals surface area contributed by atoms with Crippen LogP contribution in [0.1, 0.15) is 29.9 Å². The number of aromatic nitrogens is 4. The van der Waals surface area contributed by atoms with E-state index in [4.69, 9.17) is 23.2 Å². The molecule has 0 amide bonds. The predicted molar refractivity (Wildman–Crippen MR) is 78.9 cm³/mol. The van der Waals surface area contributed by atoms with Gasteiger partial charge in [-0.25, -0.2) is 13.1 Å². The van der Waals surface area contributed by atoms with Crippen molar-refractivity contribution in [2.24, 2.45) is 0 Å². The molecule has 21 heavy (non-hydrogen) atoms. The Balaban J connectivity index is 2.46. The van der Waals surface area contributed by atoms with Crippen LogP contribution in [-0.2, 0) is 10.0 Å². The van der Waals surface area contributed by atoms with Crippen molar-refractivity contribution in [1.82, 2.24) is 25.3 Å². The third-order valence-corrected chi connectivity index (χ3v) is 5.64. The van der Waals surface area contributed by atoms with Gasteiger partial charge in [0.15, 0.2) is 5.82 Å². The lowest BCUT2D eigenvalue weighted by atomic mass is 10.2. The topological polar surface area (TPSA) is 101 Å². The lowest BCUT2D eigenvalue weighted by Crippen LogP contribution is -2.28. The zero-order valence-electron chi connectivity index (χ0n) is 11.5. The number of aryl methyl sites for hydroxylation is 1. The van der Waals surface area contributed by atoms with E-state index in [1.54, 1.807) is 26.8 Å². The molecule has 1 aromatic carbocycles. The van der Waals surface area contributed by atoms with Crippen LogP contribution < -0.4 is 4.72 Å². The standard InChI is InChI=1S/C11H13Cl2N5O2S/c1-5-4-8(12)6(2)10(9(5)13)21(19,20)16-7(3)11-14-17-18-15-11/h4,7,16H,1-3H3,(H,14,15,17,18). The summed E-state index contributed by atoms with van der Waals surface area (Å²) in [5, 5.41) is 13.6. The number of hydrogen-bond acceptors (Lipinski definition) is 5. The van der Waals surface area contributed by atoms with Gasteiger partial charge in [0.1, 0.15) is 4.90 Å². The number of nitrogens with one attached hydrogen (secondary N) is 2. The minimum Gasteiger partial charge on any atom is -0.207 e. The Labute approximate surface area is 132 Å². The molecule has 0 aliphatic rings. The molecule has 2 N–H and O–H groups in total. The molecule has 2 rings (SSSR count). The highest BCUT2D eigenvalue weighted by Gasteiger charge is 2.27. The Morgan fingerprint density at radius 2 is 2.00 bits per heavy atom. The summed E-state index contributed by atoms with van der Waals surface area (Å²) in [7, 11) is -3.88. The van der Waals surface area contributed by atoms with Crippen LogP contribution in [0.2, 0.25) is 10.0 Å². The minimum absolute atomic E-state index is 0.0375. The average Bonchev–Trinajstić information content (AvgIpc) is 2.89. The van der Waals surface area contributed by atoms with Gasteiger partial charge in [-0.1, -0.05) is 28.4 Å². The zero-order valence-corrected chi connectivity index (χ0v) is 13.8. The second-order valence-electron chi connectivity index (χ2n) is 4.56. The van der Waals surface area contributed by atoms with Gasteiger partial charge >= 0.3 is 0 Å². The summed E-state index contributed by atoms with van der Waals surface area (Å²) in [5.41, 5.74) is 0.972. The third kappa shape index (κ3) is 3.18. The monoisotopic (exact) mass is 349 g/mol. The van der Waals surface area contributed by atoms with Gasteiger partial charge in [-0.05, 0) is 38.0 Å². The first-order valence-corrected chi connectivity index (χ1v) is 8.19. The molecule has 0 bridgehead atoms. The highest BCUT2D eigenvalue weighted by Crippen LogP contribution is 2.33. The first-order valence-electron chi connectivity index (χ1n) is 5.95. The summed E-state index contributed by atoms with van der Waals surface area (Å²) in [5.74, 6) is 0.228. The van der Waals surface area contributed by atoms with Gasteiger partial charge in [0.05, 0.1) is 11.1 Å². The molecule has 0 saturated carbocycles. The maximum Gasteiger partial charge on any atom is 0.243 e.